The van der Waals surface area contributed by atoms with E-state index in [1.54, 1.807) is 20.2 Å². The summed E-state index contributed by atoms with van der Waals surface area (Å²) in [6.45, 7) is 7.97. The Morgan fingerprint density at radius 2 is 2.17 bits per heavy atom. The average Bonchev–Trinajstić information content (AvgIpc) is 2.98. The first-order chi connectivity index (χ1) is 11.1. The van der Waals surface area contributed by atoms with Gasteiger partial charge in [0.25, 0.3) is 0 Å². The number of aryl methyl sites for hydroxylation is 2. The van der Waals surface area contributed by atoms with Crippen LogP contribution in [0, 0.1) is 13.8 Å². The summed E-state index contributed by atoms with van der Waals surface area (Å²) >= 11 is 0. The maximum absolute atomic E-state index is 10.4. The topological polar surface area (TPSA) is 87.3 Å². The number of carbonyl (C=O) groups is 1. The first kappa shape index (κ1) is 18.5. The van der Waals surface area contributed by atoms with E-state index in [-0.39, 0.29) is 5.97 Å². The molecule has 0 unspecified atom stereocenters. The van der Waals surface area contributed by atoms with E-state index in [0.29, 0.717) is 24.9 Å². The van der Waals surface area contributed by atoms with Gasteiger partial charge in [-0.2, -0.15) is 4.98 Å². The van der Waals surface area contributed by atoms with Crippen LogP contribution in [-0.4, -0.2) is 41.4 Å². The second-order valence-corrected chi connectivity index (χ2v) is 4.54. The van der Waals surface area contributed by atoms with Gasteiger partial charge in [-0.3, -0.25) is 4.98 Å². The van der Waals surface area contributed by atoms with Crippen molar-refractivity contribution in [3.05, 3.63) is 42.6 Å². The number of hydrogen-bond acceptors (Lipinski definition) is 7. The van der Waals surface area contributed by atoms with Crippen molar-refractivity contribution < 1.29 is 18.8 Å². The Bertz CT molecular complexity index is 625. The monoisotopic (exact) mass is 319 g/mol. The molecule has 0 amide bonds. The summed E-state index contributed by atoms with van der Waals surface area (Å²) < 4.78 is 14.3. The Balaban J connectivity index is 0.000000241. The molecule has 0 bridgehead atoms. The summed E-state index contributed by atoms with van der Waals surface area (Å²) in [5, 5.41) is 3.81. The van der Waals surface area contributed by atoms with E-state index in [9.17, 15) is 4.79 Å². The first-order valence-corrected chi connectivity index (χ1v) is 7.08. The second-order valence-electron chi connectivity index (χ2n) is 4.54. The van der Waals surface area contributed by atoms with E-state index >= 15 is 0 Å². The smallest absolute Gasteiger partial charge is 0.330 e. The lowest BCUT2D eigenvalue weighted by molar-refractivity contribution is -0.138. The van der Waals surface area contributed by atoms with Crippen LogP contribution in [0.25, 0.3) is 11.4 Å². The molecule has 0 aliphatic carbocycles. The summed E-state index contributed by atoms with van der Waals surface area (Å²) in [7, 11) is 1.61. The minimum atomic E-state index is -0.379. The molecule has 0 aliphatic rings. The van der Waals surface area contributed by atoms with Gasteiger partial charge in [-0.15, -0.1) is 0 Å². The summed E-state index contributed by atoms with van der Waals surface area (Å²) in [5.41, 5.74) is 1.88. The second kappa shape index (κ2) is 10.2. The fourth-order valence-corrected chi connectivity index (χ4v) is 1.54. The number of ether oxygens (including phenoxy) is 2. The van der Waals surface area contributed by atoms with Crippen LogP contribution in [0.15, 0.2) is 35.5 Å². The van der Waals surface area contributed by atoms with Crippen LogP contribution in [0.5, 0.6) is 0 Å². The third-order valence-electron chi connectivity index (χ3n) is 2.59. The molecule has 0 spiro atoms. The van der Waals surface area contributed by atoms with E-state index in [2.05, 4.69) is 26.4 Å². The Labute approximate surface area is 135 Å². The molecular weight excluding hydrogens is 298 g/mol. The van der Waals surface area contributed by atoms with Crippen molar-refractivity contribution in [2.24, 2.45) is 0 Å². The number of carbonyl (C=O) groups excluding carboxylic acids is 1. The SMILES string of the molecule is C=CC(=O)OCCCOC.Cc1cc(-c2noc(C)n2)ccn1. The minimum Gasteiger partial charge on any atom is -0.462 e. The van der Waals surface area contributed by atoms with Gasteiger partial charge in [0.05, 0.1) is 6.61 Å². The lowest BCUT2D eigenvalue weighted by atomic mass is 10.2. The van der Waals surface area contributed by atoms with Gasteiger partial charge in [0.2, 0.25) is 11.7 Å². The maximum Gasteiger partial charge on any atom is 0.330 e. The molecule has 0 aliphatic heterocycles. The number of hydrogen-bond donors (Lipinski definition) is 0. The highest BCUT2D eigenvalue weighted by Gasteiger charge is 2.04. The quantitative estimate of drug-likeness (QED) is 0.459. The lowest BCUT2D eigenvalue weighted by Gasteiger charge is -1.99. The number of methoxy groups -OCH3 is 1. The van der Waals surface area contributed by atoms with Crippen molar-refractivity contribution in [2.75, 3.05) is 20.3 Å². The van der Waals surface area contributed by atoms with Gasteiger partial charge in [0, 0.05) is 50.6 Å². The van der Waals surface area contributed by atoms with E-state index in [1.807, 2.05) is 19.1 Å². The van der Waals surface area contributed by atoms with Gasteiger partial charge < -0.3 is 14.0 Å². The van der Waals surface area contributed by atoms with Gasteiger partial charge in [-0.25, -0.2) is 4.79 Å². The largest absolute Gasteiger partial charge is 0.462 e. The number of rotatable bonds is 6. The van der Waals surface area contributed by atoms with Crippen molar-refractivity contribution in [3.63, 3.8) is 0 Å². The predicted molar refractivity (Wildman–Crippen MR) is 84.7 cm³/mol. The first-order valence-electron chi connectivity index (χ1n) is 7.08. The third-order valence-corrected chi connectivity index (χ3v) is 2.59. The van der Waals surface area contributed by atoms with Crippen LogP contribution >= 0.6 is 0 Å². The molecule has 0 aromatic carbocycles. The zero-order valence-corrected chi connectivity index (χ0v) is 13.6. The molecule has 7 nitrogen and oxygen atoms in total. The fraction of sp³-hybridized carbons (Fsp3) is 0.375. The highest BCUT2D eigenvalue weighted by atomic mass is 16.5. The highest BCUT2D eigenvalue weighted by Crippen LogP contribution is 2.14. The number of esters is 1. The Hall–Kier alpha value is -2.54. The minimum absolute atomic E-state index is 0.379. The highest BCUT2D eigenvalue weighted by molar-refractivity contribution is 5.81. The average molecular weight is 319 g/mol. The van der Waals surface area contributed by atoms with Gasteiger partial charge in [-0.1, -0.05) is 11.7 Å². The summed E-state index contributed by atoms with van der Waals surface area (Å²) in [6.07, 6.45) is 3.61. The normalized spacial score (nSPS) is 9.70. The van der Waals surface area contributed by atoms with Crippen molar-refractivity contribution in [1.82, 2.24) is 15.1 Å². The van der Waals surface area contributed by atoms with Gasteiger partial charge in [0.15, 0.2) is 0 Å². The maximum atomic E-state index is 10.4. The number of nitrogens with zero attached hydrogens (tertiary/aromatic N) is 3. The molecule has 0 saturated carbocycles. The Morgan fingerprint density at radius 3 is 2.74 bits per heavy atom. The van der Waals surface area contributed by atoms with Crippen LogP contribution in [0.4, 0.5) is 0 Å². The van der Waals surface area contributed by atoms with E-state index in [1.165, 1.54) is 0 Å². The van der Waals surface area contributed by atoms with Crippen molar-refractivity contribution in [2.45, 2.75) is 20.3 Å². The molecule has 2 heterocycles. The molecule has 2 rings (SSSR count). The summed E-state index contributed by atoms with van der Waals surface area (Å²) in [6, 6.07) is 3.78. The molecular formula is C16H21N3O4. The van der Waals surface area contributed by atoms with Crippen LogP contribution in [0.2, 0.25) is 0 Å². The summed E-state index contributed by atoms with van der Waals surface area (Å²) in [5.74, 6) is 0.809. The fourth-order valence-electron chi connectivity index (χ4n) is 1.54. The van der Waals surface area contributed by atoms with Crippen LogP contribution in [0.1, 0.15) is 18.0 Å². The van der Waals surface area contributed by atoms with Crippen LogP contribution in [-0.2, 0) is 14.3 Å². The van der Waals surface area contributed by atoms with E-state index in [4.69, 9.17) is 9.26 Å². The zero-order valence-electron chi connectivity index (χ0n) is 13.6. The molecule has 23 heavy (non-hydrogen) atoms. The number of aromatic nitrogens is 3. The van der Waals surface area contributed by atoms with Crippen molar-refractivity contribution in [3.8, 4) is 11.4 Å². The predicted octanol–water partition coefficient (Wildman–Crippen LogP) is 2.50. The summed E-state index contributed by atoms with van der Waals surface area (Å²) in [4.78, 5) is 18.6. The van der Waals surface area contributed by atoms with Crippen LogP contribution < -0.4 is 0 Å². The van der Waals surface area contributed by atoms with Gasteiger partial charge >= 0.3 is 5.97 Å². The molecule has 2 aromatic rings. The zero-order chi connectivity index (χ0) is 17.1. The number of pyridine rings is 1. The standard InChI is InChI=1S/C9H9N3O.C7H12O3/c1-6-5-8(3-4-10-6)9-11-7(2)13-12-9;1-3-7(8)10-6-4-5-9-2/h3-5H,1-2H3;3H,1,4-6H2,2H3. The third kappa shape index (κ3) is 7.32. The van der Waals surface area contributed by atoms with E-state index < -0.39 is 0 Å². The Morgan fingerprint density at radius 1 is 1.39 bits per heavy atom. The van der Waals surface area contributed by atoms with Crippen LogP contribution in [0.3, 0.4) is 0 Å². The van der Waals surface area contributed by atoms with Crippen molar-refractivity contribution >= 4 is 5.97 Å². The van der Waals surface area contributed by atoms with Gasteiger partial charge in [0.1, 0.15) is 0 Å². The molecule has 0 fully saturated rings. The molecule has 7 heteroatoms. The van der Waals surface area contributed by atoms with E-state index in [0.717, 1.165) is 23.8 Å². The molecule has 0 saturated heterocycles. The van der Waals surface area contributed by atoms with Gasteiger partial charge in [-0.05, 0) is 19.1 Å². The molecule has 2 aromatic heterocycles. The molecule has 0 N–H and O–H groups in total. The van der Waals surface area contributed by atoms with Crippen molar-refractivity contribution in [1.29, 1.82) is 0 Å². The molecule has 0 atom stereocenters. The lowest BCUT2D eigenvalue weighted by Crippen LogP contribution is -2.03. The molecule has 0 radical (unpaired) electrons. The Kier molecular flexibility index (Phi) is 8.23. The molecule has 124 valence electrons.